The first kappa shape index (κ1) is 20.3. The Kier molecular flexibility index (Phi) is 4.96. The van der Waals surface area contributed by atoms with Crippen molar-refractivity contribution in [1.82, 2.24) is 19.5 Å². The molecule has 0 amide bonds. The molecular weight excluding hydrogens is 573 g/mol. The Morgan fingerprint density at radius 1 is 0.511 bits per heavy atom. The lowest BCUT2D eigenvalue weighted by atomic mass is 9.87. The first-order valence-corrected chi connectivity index (χ1v) is 15.3. The Hall–Kier alpha value is -5.87. The second-order valence-electron chi connectivity index (χ2n) is 12.3. The molecule has 0 saturated carbocycles. The van der Waals surface area contributed by atoms with Crippen molar-refractivity contribution in [3.63, 3.8) is 0 Å². The molecule has 0 aliphatic heterocycles. The molecule has 0 radical (unpaired) electrons. The monoisotopic (exact) mass is 615 g/mol. The summed E-state index contributed by atoms with van der Waals surface area (Å²) >= 11 is 0. The third kappa shape index (κ3) is 5.28. The Labute approximate surface area is 287 Å². The molecule has 0 unspecified atom stereocenters. The molecule has 4 nitrogen and oxygen atoms in total. The fourth-order valence-electron chi connectivity index (χ4n) is 5.85. The molecule has 4 heteroatoms. The highest BCUT2D eigenvalue weighted by molar-refractivity contribution is 6.15. The molecule has 0 spiro atoms. The van der Waals surface area contributed by atoms with Gasteiger partial charge < -0.3 is 4.57 Å². The van der Waals surface area contributed by atoms with Crippen molar-refractivity contribution < 1.29 is 12.3 Å². The van der Waals surface area contributed by atoms with E-state index in [-0.39, 0.29) is 39.5 Å². The lowest BCUT2D eigenvalue weighted by Crippen LogP contribution is -2.10. The van der Waals surface area contributed by atoms with Gasteiger partial charge in [-0.25, -0.2) is 15.0 Å². The summed E-state index contributed by atoms with van der Waals surface area (Å²) in [7, 11) is 0. The van der Waals surface area contributed by atoms with Gasteiger partial charge in [0.1, 0.15) is 0 Å². The Morgan fingerprint density at radius 2 is 1.09 bits per heavy atom. The SMILES string of the molecule is [2H]c1c([2H])c([2H])c(-c2cccc3c2c2c([2H])c([2H])c([2H])c([2H])c2n3-c2ccc(-c3nc(-c4ccccc4)nc(-c4ccc(C(C)(C)C)cc4)n3)cc2)c([2H])c1[2H]. The smallest absolute Gasteiger partial charge is 0.164 e. The lowest BCUT2D eigenvalue weighted by molar-refractivity contribution is 0.590. The second kappa shape index (κ2) is 11.5. The van der Waals surface area contributed by atoms with Gasteiger partial charge in [0.25, 0.3) is 0 Å². The number of hydrogen-bond donors (Lipinski definition) is 0. The van der Waals surface area contributed by atoms with Gasteiger partial charge in [0.15, 0.2) is 17.5 Å². The van der Waals surface area contributed by atoms with Gasteiger partial charge in [-0.2, -0.15) is 0 Å². The molecule has 2 aromatic heterocycles. The summed E-state index contributed by atoms with van der Waals surface area (Å²) < 4.78 is 79.2. The maximum absolute atomic E-state index is 9.04. The third-order valence-electron chi connectivity index (χ3n) is 8.25. The van der Waals surface area contributed by atoms with Crippen LogP contribution in [0.2, 0.25) is 0 Å². The lowest BCUT2D eigenvalue weighted by Gasteiger charge is -2.19. The van der Waals surface area contributed by atoms with Crippen molar-refractivity contribution in [2.75, 3.05) is 0 Å². The van der Waals surface area contributed by atoms with Crippen LogP contribution in [0.3, 0.4) is 0 Å². The predicted octanol–water partition coefficient (Wildman–Crippen LogP) is 10.9. The van der Waals surface area contributed by atoms with E-state index >= 15 is 0 Å². The van der Waals surface area contributed by atoms with Gasteiger partial charge in [-0.15, -0.1) is 0 Å². The molecular formula is C43H34N4. The molecule has 8 aromatic rings. The molecule has 0 atom stereocenters. The molecule has 0 fully saturated rings. The highest BCUT2D eigenvalue weighted by atomic mass is 15.0. The van der Waals surface area contributed by atoms with E-state index in [2.05, 4.69) is 32.9 Å². The average molecular weight is 616 g/mol. The minimum absolute atomic E-state index is 0.0216. The van der Waals surface area contributed by atoms with Gasteiger partial charge in [0.05, 0.1) is 23.4 Å². The maximum atomic E-state index is 9.04. The standard InChI is InChI=1S/C43H34N4/c1-43(2,3)33-25-21-31(22-26-33)41-44-40(30-15-8-5-9-16-30)45-42(46-41)32-23-27-34(28-24-32)47-37-19-11-10-17-36(37)39-35(18-12-20-38(39)47)29-13-6-4-7-14-29/h4-28H,1-3H3/i4D,6D,7D,10D,11D,13D,14D,17D,19D. The number of fused-ring (bicyclic) bond motifs is 3. The van der Waals surface area contributed by atoms with Crippen LogP contribution in [0.1, 0.15) is 38.7 Å². The summed E-state index contributed by atoms with van der Waals surface area (Å²) in [4.78, 5) is 14.6. The van der Waals surface area contributed by atoms with Gasteiger partial charge in [0, 0.05) is 33.2 Å². The van der Waals surface area contributed by atoms with E-state index in [4.69, 9.17) is 27.3 Å². The quantitative estimate of drug-likeness (QED) is 0.193. The van der Waals surface area contributed by atoms with Crippen molar-refractivity contribution in [2.45, 2.75) is 26.2 Å². The van der Waals surface area contributed by atoms with Crippen LogP contribution in [-0.4, -0.2) is 19.5 Å². The molecule has 0 aliphatic carbocycles. The molecule has 0 saturated heterocycles. The fraction of sp³-hybridized carbons (Fsp3) is 0.0930. The van der Waals surface area contributed by atoms with Crippen molar-refractivity contribution in [1.29, 1.82) is 0 Å². The molecule has 47 heavy (non-hydrogen) atoms. The molecule has 6 aromatic carbocycles. The van der Waals surface area contributed by atoms with Gasteiger partial charge in [-0.1, -0.05) is 136 Å². The van der Waals surface area contributed by atoms with E-state index in [0.717, 1.165) is 11.1 Å². The zero-order valence-corrected chi connectivity index (χ0v) is 26.0. The summed E-state index contributed by atoms with van der Waals surface area (Å²) in [6.45, 7) is 6.48. The number of benzene rings is 6. The Balaban J connectivity index is 1.34. The van der Waals surface area contributed by atoms with Crippen LogP contribution < -0.4 is 0 Å². The summed E-state index contributed by atoms with van der Waals surface area (Å²) in [5.41, 5.74) is 4.93. The highest BCUT2D eigenvalue weighted by Gasteiger charge is 2.18. The topological polar surface area (TPSA) is 43.6 Å². The Morgan fingerprint density at radius 3 is 1.72 bits per heavy atom. The van der Waals surface area contributed by atoms with Crippen LogP contribution in [0.15, 0.2) is 151 Å². The highest BCUT2D eigenvalue weighted by Crippen LogP contribution is 2.38. The number of para-hydroxylation sites is 1. The first-order valence-electron chi connectivity index (χ1n) is 19.8. The second-order valence-corrected chi connectivity index (χ2v) is 12.3. The normalized spacial score (nSPS) is 14.4. The molecule has 0 N–H and O–H groups in total. The minimum Gasteiger partial charge on any atom is -0.309 e. The van der Waals surface area contributed by atoms with E-state index in [1.165, 1.54) is 5.56 Å². The van der Waals surface area contributed by atoms with Crippen molar-refractivity contribution in [3.05, 3.63) is 157 Å². The number of aromatic nitrogens is 4. The van der Waals surface area contributed by atoms with Gasteiger partial charge in [-0.3, -0.25) is 0 Å². The van der Waals surface area contributed by atoms with E-state index in [1.54, 1.807) is 22.8 Å². The first-order chi connectivity index (χ1) is 26.7. The van der Waals surface area contributed by atoms with Crippen LogP contribution in [0.4, 0.5) is 0 Å². The summed E-state index contributed by atoms with van der Waals surface area (Å²) in [5, 5.41) is 0.508. The molecule has 8 rings (SSSR count). The van der Waals surface area contributed by atoms with E-state index in [9.17, 15) is 0 Å². The van der Waals surface area contributed by atoms with E-state index in [0.29, 0.717) is 39.6 Å². The third-order valence-corrected chi connectivity index (χ3v) is 8.25. The van der Waals surface area contributed by atoms with E-state index in [1.807, 2.05) is 66.7 Å². The number of rotatable bonds is 5. The minimum atomic E-state index is -0.528. The molecule has 226 valence electrons. The zero-order chi connectivity index (χ0) is 39.8. The van der Waals surface area contributed by atoms with Crippen molar-refractivity contribution in [3.8, 4) is 51.0 Å². The Bertz CT molecular complexity index is 2840. The summed E-state index contributed by atoms with van der Waals surface area (Å²) in [6, 6.07) is 26.4. The van der Waals surface area contributed by atoms with Gasteiger partial charge in [0.2, 0.25) is 0 Å². The number of nitrogens with zero attached hydrogens (tertiary/aromatic N) is 4. The van der Waals surface area contributed by atoms with Crippen molar-refractivity contribution in [2.24, 2.45) is 0 Å². The zero-order valence-electron chi connectivity index (χ0n) is 35.0. The van der Waals surface area contributed by atoms with Gasteiger partial charge >= 0.3 is 0 Å². The molecule has 0 bridgehead atoms. The largest absolute Gasteiger partial charge is 0.309 e. The van der Waals surface area contributed by atoms with Crippen LogP contribution in [0.25, 0.3) is 72.8 Å². The predicted molar refractivity (Wildman–Crippen MR) is 195 cm³/mol. The number of hydrogen-bond acceptors (Lipinski definition) is 3. The summed E-state index contributed by atoms with van der Waals surface area (Å²) in [5.74, 6) is 1.46. The van der Waals surface area contributed by atoms with Crippen LogP contribution >= 0.6 is 0 Å². The summed E-state index contributed by atoms with van der Waals surface area (Å²) in [6.07, 6.45) is 0. The molecule has 2 heterocycles. The van der Waals surface area contributed by atoms with Crippen LogP contribution in [0, 0.1) is 0 Å². The maximum Gasteiger partial charge on any atom is 0.164 e. The molecule has 0 aliphatic rings. The van der Waals surface area contributed by atoms with Crippen LogP contribution in [0.5, 0.6) is 0 Å². The van der Waals surface area contributed by atoms with Gasteiger partial charge in [-0.05, 0) is 58.5 Å². The van der Waals surface area contributed by atoms with Crippen molar-refractivity contribution >= 4 is 21.8 Å². The average Bonchev–Trinajstić information content (AvgIpc) is 3.57. The van der Waals surface area contributed by atoms with Crippen LogP contribution in [-0.2, 0) is 5.41 Å². The van der Waals surface area contributed by atoms with E-state index < -0.39 is 42.3 Å². The fourth-order valence-corrected chi connectivity index (χ4v) is 5.85.